The number of aliphatic hydroxyl groups is 1. The average molecular weight is 257 g/mol. The van der Waals surface area contributed by atoms with Crippen LogP contribution in [0.2, 0.25) is 0 Å². The standard InChI is InChI=1S/C13H23NO2S/c1-4-6-10(3)12(15)14-9-13(16)8-7-11(13)17-5-2/h6,11,16H,4-5,7-9H2,1-3H3,(H,14,15)/b10-6-/t11-,13+/m0/s1. The Morgan fingerprint density at radius 2 is 2.29 bits per heavy atom. The van der Waals surface area contributed by atoms with Gasteiger partial charge in [-0.2, -0.15) is 11.8 Å². The first-order valence-electron chi connectivity index (χ1n) is 6.32. The molecule has 0 aromatic carbocycles. The second kappa shape index (κ2) is 6.45. The van der Waals surface area contributed by atoms with Crippen molar-refractivity contribution in [2.24, 2.45) is 0 Å². The van der Waals surface area contributed by atoms with E-state index in [1.54, 1.807) is 11.8 Å². The Balaban J connectivity index is 2.40. The molecule has 1 aliphatic rings. The summed E-state index contributed by atoms with van der Waals surface area (Å²) in [6.07, 6.45) is 4.60. The minimum Gasteiger partial charge on any atom is -0.387 e. The molecule has 0 unspecified atom stereocenters. The number of nitrogens with one attached hydrogen (secondary N) is 1. The molecule has 1 rings (SSSR count). The van der Waals surface area contributed by atoms with Gasteiger partial charge in [-0.3, -0.25) is 4.79 Å². The highest BCUT2D eigenvalue weighted by atomic mass is 32.2. The quantitative estimate of drug-likeness (QED) is 0.717. The van der Waals surface area contributed by atoms with Crippen LogP contribution in [-0.4, -0.2) is 34.2 Å². The predicted octanol–water partition coefficient (Wildman–Crippen LogP) is 2.11. The van der Waals surface area contributed by atoms with E-state index in [1.807, 2.05) is 19.9 Å². The molecule has 3 nitrogen and oxygen atoms in total. The first-order chi connectivity index (χ1) is 8.03. The number of thioether (sulfide) groups is 1. The van der Waals surface area contributed by atoms with Crippen molar-refractivity contribution in [3.63, 3.8) is 0 Å². The first-order valence-corrected chi connectivity index (χ1v) is 7.37. The minimum atomic E-state index is -0.692. The second-order valence-corrected chi connectivity index (χ2v) is 6.04. The van der Waals surface area contributed by atoms with E-state index >= 15 is 0 Å². The van der Waals surface area contributed by atoms with E-state index in [9.17, 15) is 9.90 Å². The largest absolute Gasteiger partial charge is 0.387 e. The summed E-state index contributed by atoms with van der Waals surface area (Å²) in [6.45, 7) is 6.28. The molecule has 4 heteroatoms. The van der Waals surface area contributed by atoms with Gasteiger partial charge < -0.3 is 10.4 Å². The third kappa shape index (κ3) is 3.75. The number of allylic oxidation sites excluding steroid dienone is 1. The maximum absolute atomic E-state index is 11.7. The molecule has 0 aromatic heterocycles. The molecule has 0 radical (unpaired) electrons. The van der Waals surface area contributed by atoms with Crippen molar-refractivity contribution in [3.05, 3.63) is 11.6 Å². The van der Waals surface area contributed by atoms with E-state index < -0.39 is 5.60 Å². The highest BCUT2D eigenvalue weighted by Gasteiger charge is 2.45. The number of hydrogen-bond donors (Lipinski definition) is 2. The van der Waals surface area contributed by atoms with Crippen molar-refractivity contribution in [1.29, 1.82) is 0 Å². The third-order valence-electron chi connectivity index (χ3n) is 3.23. The van der Waals surface area contributed by atoms with E-state index in [1.165, 1.54) is 0 Å². The molecule has 17 heavy (non-hydrogen) atoms. The van der Waals surface area contributed by atoms with Gasteiger partial charge in [-0.25, -0.2) is 0 Å². The van der Waals surface area contributed by atoms with Gasteiger partial charge in [0.25, 0.3) is 0 Å². The summed E-state index contributed by atoms with van der Waals surface area (Å²) in [4.78, 5) is 11.7. The zero-order chi connectivity index (χ0) is 12.9. The summed E-state index contributed by atoms with van der Waals surface area (Å²) in [5.74, 6) is 0.947. The van der Waals surface area contributed by atoms with Crippen molar-refractivity contribution in [1.82, 2.24) is 5.32 Å². The van der Waals surface area contributed by atoms with Gasteiger partial charge in [-0.15, -0.1) is 0 Å². The molecule has 1 saturated carbocycles. The van der Waals surface area contributed by atoms with Crippen molar-refractivity contribution in [3.8, 4) is 0 Å². The summed E-state index contributed by atoms with van der Waals surface area (Å²) in [5, 5.41) is 13.4. The third-order valence-corrected chi connectivity index (χ3v) is 4.64. The summed E-state index contributed by atoms with van der Waals surface area (Å²) in [5.41, 5.74) is 0.0400. The maximum atomic E-state index is 11.7. The van der Waals surface area contributed by atoms with E-state index in [0.717, 1.165) is 30.6 Å². The van der Waals surface area contributed by atoms with Gasteiger partial charge >= 0.3 is 0 Å². The Morgan fingerprint density at radius 3 is 2.76 bits per heavy atom. The highest BCUT2D eigenvalue weighted by molar-refractivity contribution is 8.00. The monoisotopic (exact) mass is 257 g/mol. The molecule has 2 N–H and O–H groups in total. The van der Waals surface area contributed by atoms with Crippen molar-refractivity contribution in [2.45, 2.75) is 50.9 Å². The average Bonchev–Trinajstić information content (AvgIpc) is 2.31. The molecular formula is C13H23NO2S. The Bertz CT molecular complexity index is 304. The Labute approximate surface area is 108 Å². The lowest BCUT2D eigenvalue weighted by atomic mass is 9.79. The number of hydrogen-bond acceptors (Lipinski definition) is 3. The Morgan fingerprint density at radius 1 is 1.59 bits per heavy atom. The SMILES string of the molecule is CC/C=C(/C)C(=O)NC[C@]1(O)CC[C@@H]1SCC. The topological polar surface area (TPSA) is 49.3 Å². The summed E-state index contributed by atoms with van der Waals surface area (Å²) in [6, 6.07) is 0. The normalized spacial score (nSPS) is 28.7. The van der Waals surface area contributed by atoms with Gasteiger partial charge in [-0.1, -0.05) is 19.9 Å². The number of carbonyl (C=O) groups is 1. The Hall–Kier alpha value is -0.480. The summed E-state index contributed by atoms with van der Waals surface area (Å²) >= 11 is 1.78. The zero-order valence-electron chi connectivity index (χ0n) is 11.0. The van der Waals surface area contributed by atoms with Crippen LogP contribution in [0.25, 0.3) is 0 Å². The fourth-order valence-corrected chi connectivity index (χ4v) is 3.21. The van der Waals surface area contributed by atoms with E-state index in [4.69, 9.17) is 0 Å². The lowest BCUT2D eigenvalue weighted by molar-refractivity contribution is -0.119. The second-order valence-electron chi connectivity index (χ2n) is 4.56. The van der Waals surface area contributed by atoms with Crippen LogP contribution in [0.5, 0.6) is 0 Å². The lowest BCUT2D eigenvalue weighted by Gasteiger charge is -2.45. The molecular weight excluding hydrogens is 234 g/mol. The van der Waals surface area contributed by atoms with Crippen LogP contribution >= 0.6 is 11.8 Å². The smallest absolute Gasteiger partial charge is 0.246 e. The van der Waals surface area contributed by atoms with Gasteiger partial charge in [0.2, 0.25) is 5.91 Å². The molecule has 0 aliphatic heterocycles. The molecule has 0 heterocycles. The van der Waals surface area contributed by atoms with E-state index in [0.29, 0.717) is 6.54 Å². The van der Waals surface area contributed by atoms with Crippen LogP contribution in [0.4, 0.5) is 0 Å². The zero-order valence-corrected chi connectivity index (χ0v) is 11.8. The molecule has 1 fully saturated rings. The Kier molecular flexibility index (Phi) is 5.53. The van der Waals surface area contributed by atoms with E-state index in [-0.39, 0.29) is 11.2 Å². The molecule has 1 amide bonds. The molecule has 0 aromatic rings. The van der Waals surface area contributed by atoms with Gasteiger partial charge in [0.05, 0.1) is 5.60 Å². The fraction of sp³-hybridized carbons (Fsp3) is 0.769. The first kappa shape index (κ1) is 14.6. The van der Waals surface area contributed by atoms with Gasteiger partial charge in [0, 0.05) is 17.4 Å². The van der Waals surface area contributed by atoms with E-state index in [2.05, 4.69) is 12.2 Å². The molecule has 98 valence electrons. The number of carbonyl (C=O) groups excluding carboxylic acids is 1. The van der Waals surface area contributed by atoms with Crippen LogP contribution in [0.15, 0.2) is 11.6 Å². The number of amides is 1. The van der Waals surface area contributed by atoms with Crippen LogP contribution in [0.1, 0.15) is 40.0 Å². The predicted molar refractivity (Wildman–Crippen MR) is 73.2 cm³/mol. The molecule has 0 bridgehead atoms. The van der Waals surface area contributed by atoms with Crippen LogP contribution in [0.3, 0.4) is 0 Å². The van der Waals surface area contributed by atoms with Crippen LogP contribution < -0.4 is 5.32 Å². The van der Waals surface area contributed by atoms with Crippen molar-refractivity contribution in [2.75, 3.05) is 12.3 Å². The fourth-order valence-electron chi connectivity index (χ4n) is 2.01. The molecule has 2 atom stereocenters. The van der Waals surface area contributed by atoms with Crippen LogP contribution in [-0.2, 0) is 4.79 Å². The summed E-state index contributed by atoms with van der Waals surface area (Å²) in [7, 11) is 0. The minimum absolute atomic E-state index is 0.0626. The van der Waals surface area contributed by atoms with Gasteiger partial charge in [0.1, 0.15) is 0 Å². The molecule has 1 aliphatic carbocycles. The molecule has 0 spiro atoms. The lowest BCUT2D eigenvalue weighted by Crippen LogP contribution is -2.57. The van der Waals surface area contributed by atoms with Gasteiger partial charge in [0.15, 0.2) is 0 Å². The van der Waals surface area contributed by atoms with Crippen LogP contribution in [0, 0.1) is 0 Å². The molecule has 0 saturated heterocycles. The van der Waals surface area contributed by atoms with Crippen molar-refractivity contribution < 1.29 is 9.90 Å². The summed E-state index contributed by atoms with van der Waals surface area (Å²) < 4.78 is 0. The van der Waals surface area contributed by atoms with Crippen molar-refractivity contribution >= 4 is 17.7 Å². The maximum Gasteiger partial charge on any atom is 0.246 e. The highest BCUT2D eigenvalue weighted by Crippen LogP contribution is 2.40. The number of rotatable bonds is 6. The van der Waals surface area contributed by atoms with Gasteiger partial charge in [-0.05, 0) is 31.9 Å².